The third-order valence-electron chi connectivity index (χ3n) is 4.47. The number of aliphatic hydroxyl groups is 1. The highest BCUT2D eigenvalue weighted by atomic mass is 35.5. The van der Waals surface area contributed by atoms with Gasteiger partial charge in [-0.1, -0.05) is 11.6 Å². The summed E-state index contributed by atoms with van der Waals surface area (Å²) in [4.78, 5) is 14.0. The number of halogens is 1. The number of nitrogens with one attached hydrogen (secondary N) is 2. The zero-order valence-corrected chi connectivity index (χ0v) is 18.6. The maximum absolute atomic E-state index is 13.0. The SMILES string of the molecule is Cc1ncc(CO)c(C=NNc2ccc([N+](=O)[O-])cc2S(=O)(=O)Nc2ccc(Cl)cc2)c1O. The summed E-state index contributed by atoms with van der Waals surface area (Å²) < 4.78 is 28.3. The van der Waals surface area contributed by atoms with Gasteiger partial charge in [0.25, 0.3) is 15.7 Å². The molecule has 1 aromatic heterocycles. The fraction of sp³-hybridized carbons (Fsp3) is 0.100. The number of aromatic hydroxyl groups is 1. The number of aryl methyl sites for hydroxylation is 1. The molecule has 0 saturated heterocycles. The van der Waals surface area contributed by atoms with E-state index in [9.17, 15) is 28.7 Å². The first-order valence-electron chi connectivity index (χ1n) is 9.26. The summed E-state index contributed by atoms with van der Waals surface area (Å²) in [5, 5.41) is 35.2. The number of nitro groups is 1. The minimum Gasteiger partial charge on any atom is -0.505 e. The van der Waals surface area contributed by atoms with Crippen molar-refractivity contribution in [2.75, 3.05) is 10.1 Å². The zero-order chi connectivity index (χ0) is 24.2. The number of pyridine rings is 1. The first kappa shape index (κ1) is 23.9. The van der Waals surface area contributed by atoms with Crippen LogP contribution < -0.4 is 10.1 Å². The Bertz CT molecular complexity index is 1330. The standard InChI is InChI=1S/C20H18ClN5O6S/c1-12-20(28)17(13(11-27)9-22-12)10-23-24-18-7-6-16(26(29)30)8-19(18)33(31,32)25-15-4-2-14(21)3-5-15/h2-10,24-25,27-28H,11H2,1H3. The Hall–Kier alpha value is -3.74. The van der Waals surface area contributed by atoms with Crippen LogP contribution in [0.2, 0.25) is 5.02 Å². The number of non-ortho nitro benzene ring substituents is 1. The predicted octanol–water partition coefficient (Wildman–Crippen LogP) is 3.40. The molecule has 0 unspecified atom stereocenters. The van der Waals surface area contributed by atoms with Gasteiger partial charge in [0.1, 0.15) is 10.6 Å². The van der Waals surface area contributed by atoms with Gasteiger partial charge in [-0.25, -0.2) is 8.42 Å². The molecular formula is C20H18ClN5O6S. The highest BCUT2D eigenvalue weighted by Gasteiger charge is 2.23. The molecule has 0 aliphatic heterocycles. The van der Waals surface area contributed by atoms with E-state index in [4.69, 9.17) is 11.6 Å². The van der Waals surface area contributed by atoms with Crippen LogP contribution in [-0.4, -0.2) is 34.8 Å². The summed E-state index contributed by atoms with van der Waals surface area (Å²) in [7, 11) is -4.27. The van der Waals surface area contributed by atoms with Gasteiger partial charge in [-0.05, 0) is 37.3 Å². The second-order valence-corrected chi connectivity index (χ2v) is 8.80. The van der Waals surface area contributed by atoms with E-state index in [2.05, 4.69) is 20.2 Å². The molecule has 4 N–H and O–H groups in total. The molecule has 11 nitrogen and oxygen atoms in total. The number of nitrogens with zero attached hydrogens (tertiary/aromatic N) is 3. The normalized spacial score (nSPS) is 11.5. The molecule has 0 atom stereocenters. The molecule has 0 radical (unpaired) electrons. The number of aliphatic hydroxyl groups excluding tert-OH is 1. The second-order valence-electron chi connectivity index (χ2n) is 6.71. The number of rotatable bonds is 8. The van der Waals surface area contributed by atoms with Crippen molar-refractivity contribution < 1.29 is 23.6 Å². The first-order chi connectivity index (χ1) is 15.6. The summed E-state index contributed by atoms with van der Waals surface area (Å²) in [6.07, 6.45) is 2.55. The average Bonchev–Trinajstić information content (AvgIpc) is 2.78. The van der Waals surface area contributed by atoms with Crippen molar-refractivity contribution in [3.63, 3.8) is 0 Å². The van der Waals surface area contributed by atoms with E-state index in [1.165, 1.54) is 42.7 Å². The summed E-state index contributed by atoms with van der Waals surface area (Å²) in [6, 6.07) is 9.05. The highest BCUT2D eigenvalue weighted by Crippen LogP contribution is 2.29. The number of aromatic nitrogens is 1. The number of hydrazone groups is 1. The van der Waals surface area contributed by atoms with Crippen molar-refractivity contribution in [3.05, 3.63) is 80.6 Å². The number of hydrogen-bond acceptors (Lipinski definition) is 9. The lowest BCUT2D eigenvalue weighted by molar-refractivity contribution is -0.385. The smallest absolute Gasteiger partial charge is 0.270 e. The Balaban J connectivity index is 1.98. The Labute approximate surface area is 193 Å². The molecule has 0 aliphatic carbocycles. The molecule has 0 aliphatic rings. The van der Waals surface area contributed by atoms with Gasteiger partial charge >= 0.3 is 0 Å². The van der Waals surface area contributed by atoms with Crippen molar-refractivity contribution >= 4 is 44.9 Å². The van der Waals surface area contributed by atoms with Gasteiger partial charge in [-0.2, -0.15) is 5.10 Å². The fourth-order valence-corrected chi connectivity index (χ4v) is 4.12. The van der Waals surface area contributed by atoms with Crippen LogP contribution in [0.15, 0.2) is 58.7 Å². The molecule has 0 amide bonds. The molecule has 0 spiro atoms. The predicted molar refractivity (Wildman–Crippen MR) is 123 cm³/mol. The topological polar surface area (TPSA) is 167 Å². The van der Waals surface area contributed by atoms with Crippen molar-refractivity contribution in [2.24, 2.45) is 5.10 Å². The van der Waals surface area contributed by atoms with E-state index in [0.717, 1.165) is 12.1 Å². The molecule has 172 valence electrons. The summed E-state index contributed by atoms with van der Waals surface area (Å²) >= 11 is 5.82. The van der Waals surface area contributed by atoms with Gasteiger partial charge < -0.3 is 10.2 Å². The maximum atomic E-state index is 13.0. The van der Waals surface area contributed by atoms with Crippen molar-refractivity contribution in [1.82, 2.24) is 4.98 Å². The summed E-state index contributed by atoms with van der Waals surface area (Å²) in [5.41, 5.74) is 3.00. The zero-order valence-electron chi connectivity index (χ0n) is 17.1. The fourth-order valence-electron chi connectivity index (χ4n) is 2.76. The summed E-state index contributed by atoms with van der Waals surface area (Å²) in [5.74, 6) is -0.201. The third kappa shape index (κ3) is 5.55. The van der Waals surface area contributed by atoms with E-state index in [0.29, 0.717) is 16.3 Å². The van der Waals surface area contributed by atoms with Gasteiger partial charge in [0, 0.05) is 40.2 Å². The average molecular weight is 492 g/mol. The molecule has 3 rings (SSSR count). The summed E-state index contributed by atoms with van der Waals surface area (Å²) in [6.45, 7) is 1.15. The molecule has 0 bridgehead atoms. The third-order valence-corrected chi connectivity index (χ3v) is 6.14. The van der Waals surface area contributed by atoms with E-state index in [1.54, 1.807) is 6.92 Å². The number of nitro benzene ring substituents is 1. The second kappa shape index (κ2) is 9.81. The van der Waals surface area contributed by atoms with Crippen molar-refractivity contribution in [2.45, 2.75) is 18.4 Å². The Kier molecular flexibility index (Phi) is 7.11. The Morgan fingerprint density at radius 2 is 1.94 bits per heavy atom. The molecule has 1 heterocycles. The van der Waals surface area contributed by atoms with Crippen LogP contribution in [-0.2, 0) is 16.6 Å². The number of sulfonamides is 1. The lowest BCUT2D eigenvalue weighted by Gasteiger charge is -2.12. The van der Waals surface area contributed by atoms with E-state index >= 15 is 0 Å². The van der Waals surface area contributed by atoms with Crippen LogP contribution in [0.3, 0.4) is 0 Å². The molecular weight excluding hydrogens is 474 g/mol. The monoisotopic (exact) mass is 491 g/mol. The van der Waals surface area contributed by atoms with Gasteiger partial charge in [-0.15, -0.1) is 0 Å². The van der Waals surface area contributed by atoms with Gasteiger partial charge in [-0.3, -0.25) is 25.2 Å². The van der Waals surface area contributed by atoms with E-state index in [-0.39, 0.29) is 22.7 Å². The van der Waals surface area contributed by atoms with Crippen LogP contribution in [0.1, 0.15) is 16.8 Å². The molecule has 2 aromatic carbocycles. The van der Waals surface area contributed by atoms with Crippen molar-refractivity contribution in [1.29, 1.82) is 0 Å². The van der Waals surface area contributed by atoms with E-state index in [1.807, 2.05) is 0 Å². The Morgan fingerprint density at radius 3 is 2.58 bits per heavy atom. The van der Waals surface area contributed by atoms with E-state index < -0.39 is 32.1 Å². The van der Waals surface area contributed by atoms with Crippen LogP contribution in [0.4, 0.5) is 17.1 Å². The lowest BCUT2D eigenvalue weighted by atomic mass is 10.1. The molecule has 0 saturated carbocycles. The van der Waals surface area contributed by atoms with Gasteiger partial charge in [0.05, 0.1) is 29.1 Å². The first-order valence-corrected chi connectivity index (χ1v) is 11.1. The Morgan fingerprint density at radius 1 is 1.24 bits per heavy atom. The van der Waals surface area contributed by atoms with Crippen LogP contribution in [0.5, 0.6) is 5.75 Å². The molecule has 13 heteroatoms. The number of benzene rings is 2. The van der Waals surface area contributed by atoms with Gasteiger partial charge in [0.15, 0.2) is 0 Å². The molecule has 3 aromatic rings. The maximum Gasteiger partial charge on any atom is 0.270 e. The number of anilines is 2. The minimum atomic E-state index is -4.27. The quantitative estimate of drug-likeness (QED) is 0.211. The van der Waals surface area contributed by atoms with Crippen LogP contribution in [0.25, 0.3) is 0 Å². The van der Waals surface area contributed by atoms with Crippen molar-refractivity contribution in [3.8, 4) is 5.75 Å². The van der Waals surface area contributed by atoms with Crippen LogP contribution >= 0.6 is 11.6 Å². The van der Waals surface area contributed by atoms with Gasteiger partial charge in [0.2, 0.25) is 0 Å². The molecule has 0 fully saturated rings. The largest absolute Gasteiger partial charge is 0.505 e. The minimum absolute atomic E-state index is 0.0610. The highest BCUT2D eigenvalue weighted by molar-refractivity contribution is 7.92. The lowest BCUT2D eigenvalue weighted by Crippen LogP contribution is -2.15. The molecule has 33 heavy (non-hydrogen) atoms. The van der Waals surface area contributed by atoms with Crippen LogP contribution in [0, 0.1) is 17.0 Å². The number of hydrogen-bond donors (Lipinski definition) is 4.